The first-order valence-electron chi connectivity index (χ1n) is 11.5. The van der Waals surface area contributed by atoms with Gasteiger partial charge in [0.05, 0.1) is 12.2 Å². The first-order chi connectivity index (χ1) is 13.7. The summed E-state index contributed by atoms with van der Waals surface area (Å²) in [6.45, 7) is 9.08. The van der Waals surface area contributed by atoms with Gasteiger partial charge in [0.25, 0.3) is 0 Å². The molecule has 7 atom stereocenters. The van der Waals surface area contributed by atoms with Crippen LogP contribution in [0.15, 0.2) is 36.4 Å². The molecular weight excluding hydrogens is 380 g/mol. The number of allylic oxidation sites excluding steroid dienone is 1. The van der Waals surface area contributed by atoms with Gasteiger partial charge in [-0.3, -0.25) is 0 Å². The van der Waals surface area contributed by atoms with Crippen LogP contribution in [0.5, 0.6) is 0 Å². The van der Waals surface area contributed by atoms with Crippen LogP contribution in [0.4, 0.5) is 0 Å². The van der Waals surface area contributed by atoms with Crippen molar-refractivity contribution in [3.05, 3.63) is 47.0 Å². The van der Waals surface area contributed by atoms with E-state index in [1.807, 2.05) is 12.1 Å². The fourth-order valence-corrected chi connectivity index (χ4v) is 7.18. The molecule has 3 heteroatoms. The molecule has 3 fully saturated rings. The number of aliphatic hydroxyl groups is 2. The third-order valence-electron chi connectivity index (χ3n) is 9.23. The van der Waals surface area contributed by atoms with E-state index < -0.39 is 0 Å². The molecular formula is C26H37ClO2. The number of aryl methyl sites for hydroxylation is 1. The summed E-state index contributed by atoms with van der Waals surface area (Å²) in [7, 11) is 0. The molecule has 0 spiro atoms. The SMILES string of the molecule is C=C1CCC2C(O)C(C3(C)CCC(O)CC3CCc3ccc(Cl)cc3)CCC12C. The van der Waals surface area contributed by atoms with Crippen LogP contribution in [0.3, 0.4) is 0 Å². The van der Waals surface area contributed by atoms with Gasteiger partial charge in [0.1, 0.15) is 0 Å². The van der Waals surface area contributed by atoms with Crippen molar-refractivity contribution in [3.63, 3.8) is 0 Å². The summed E-state index contributed by atoms with van der Waals surface area (Å²) in [5.41, 5.74) is 2.87. The lowest BCUT2D eigenvalue weighted by atomic mass is 9.51. The van der Waals surface area contributed by atoms with E-state index in [9.17, 15) is 10.2 Å². The molecule has 0 radical (unpaired) electrons. The minimum absolute atomic E-state index is 0.0936. The lowest BCUT2D eigenvalue weighted by Gasteiger charge is -2.55. The number of benzene rings is 1. The second kappa shape index (κ2) is 8.02. The number of fused-ring (bicyclic) bond motifs is 1. The Kier molecular flexibility index (Phi) is 5.92. The lowest BCUT2D eigenvalue weighted by molar-refractivity contribution is -0.120. The summed E-state index contributed by atoms with van der Waals surface area (Å²) >= 11 is 6.04. The van der Waals surface area contributed by atoms with Crippen LogP contribution < -0.4 is 0 Å². The smallest absolute Gasteiger partial charge is 0.0610 e. The normalized spacial score (nSPS) is 42.7. The predicted octanol–water partition coefficient (Wildman–Crippen LogP) is 6.18. The molecule has 0 saturated heterocycles. The highest BCUT2D eigenvalue weighted by Gasteiger charge is 2.56. The number of hydrogen-bond donors (Lipinski definition) is 2. The zero-order valence-corrected chi connectivity index (χ0v) is 18.8. The molecule has 1 aromatic rings. The molecule has 0 amide bonds. The van der Waals surface area contributed by atoms with Gasteiger partial charge in [-0.05, 0) is 104 Å². The molecule has 0 heterocycles. The number of rotatable bonds is 4. The molecule has 2 nitrogen and oxygen atoms in total. The van der Waals surface area contributed by atoms with E-state index in [0.29, 0.717) is 17.8 Å². The predicted molar refractivity (Wildman–Crippen MR) is 120 cm³/mol. The van der Waals surface area contributed by atoms with Crippen molar-refractivity contribution >= 4 is 11.6 Å². The van der Waals surface area contributed by atoms with Crippen molar-refractivity contribution in [2.24, 2.45) is 28.6 Å². The minimum atomic E-state index is -0.244. The second-order valence-electron chi connectivity index (χ2n) is 10.6. The van der Waals surface area contributed by atoms with Gasteiger partial charge in [-0.1, -0.05) is 49.7 Å². The zero-order chi connectivity index (χ0) is 20.8. The maximum Gasteiger partial charge on any atom is 0.0610 e. The van der Waals surface area contributed by atoms with Gasteiger partial charge in [-0.2, -0.15) is 0 Å². The Hall–Kier alpha value is -0.830. The third-order valence-corrected chi connectivity index (χ3v) is 9.48. The Balaban J connectivity index is 1.53. The number of hydrogen-bond acceptors (Lipinski definition) is 2. The Labute approximate surface area is 181 Å². The Morgan fingerprint density at radius 1 is 1.03 bits per heavy atom. The van der Waals surface area contributed by atoms with E-state index in [0.717, 1.165) is 62.8 Å². The molecule has 0 aromatic heterocycles. The van der Waals surface area contributed by atoms with Crippen molar-refractivity contribution in [3.8, 4) is 0 Å². The molecule has 0 aliphatic heterocycles. The van der Waals surface area contributed by atoms with E-state index in [1.54, 1.807) is 0 Å². The van der Waals surface area contributed by atoms with Crippen LogP contribution in [0.25, 0.3) is 0 Å². The Morgan fingerprint density at radius 2 is 1.76 bits per heavy atom. The van der Waals surface area contributed by atoms with Crippen LogP contribution in [-0.2, 0) is 6.42 Å². The van der Waals surface area contributed by atoms with E-state index in [1.165, 1.54) is 11.1 Å². The highest BCUT2D eigenvalue weighted by molar-refractivity contribution is 6.30. The van der Waals surface area contributed by atoms with E-state index in [-0.39, 0.29) is 23.0 Å². The largest absolute Gasteiger partial charge is 0.393 e. The fourth-order valence-electron chi connectivity index (χ4n) is 7.06. The topological polar surface area (TPSA) is 40.5 Å². The van der Waals surface area contributed by atoms with E-state index in [4.69, 9.17) is 11.6 Å². The Morgan fingerprint density at radius 3 is 2.48 bits per heavy atom. The average Bonchev–Trinajstić information content (AvgIpc) is 3.00. The molecule has 2 N–H and O–H groups in total. The minimum Gasteiger partial charge on any atom is -0.393 e. The quantitative estimate of drug-likeness (QED) is 0.575. The first kappa shape index (κ1) is 21.4. The van der Waals surface area contributed by atoms with Gasteiger partial charge < -0.3 is 10.2 Å². The monoisotopic (exact) mass is 416 g/mol. The van der Waals surface area contributed by atoms with Gasteiger partial charge >= 0.3 is 0 Å². The molecule has 4 rings (SSSR count). The van der Waals surface area contributed by atoms with Gasteiger partial charge in [0.2, 0.25) is 0 Å². The highest BCUT2D eigenvalue weighted by Crippen LogP contribution is 2.61. The maximum absolute atomic E-state index is 11.5. The molecule has 3 aliphatic rings. The van der Waals surface area contributed by atoms with Crippen LogP contribution in [0.1, 0.15) is 70.8 Å². The van der Waals surface area contributed by atoms with Crippen LogP contribution in [0, 0.1) is 28.6 Å². The van der Waals surface area contributed by atoms with Crippen molar-refractivity contribution in [1.29, 1.82) is 0 Å². The molecule has 29 heavy (non-hydrogen) atoms. The van der Waals surface area contributed by atoms with Crippen molar-refractivity contribution in [2.75, 3.05) is 0 Å². The van der Waals surface area contributed by atoms with Gasteiger partial charge in [-0.15, -0.1) is 0 Å². The van der Waals surface area contributed by atoms with Crippen molar-refractivity contribution < 1.29 is 10.2 Å². The molecule has 3 saturated carbocycles. The van der Waals surface area contributed by atoms with Crippen LogP contribution in [-0.4, -0.2) is 22.4 Å². The number of aliphatic hydroxyl groups excluding tert-OH is 2. The Bertz CT molecular complexity index is 744. The van der Waals surface area contributed by atoms with Crippen molar-refractivity contribution in [1.82, 2.24) is 0 Å². The molecule has 160 valence electrons. The van der Waals surface area contributed by atoms with Gasteiger partial charge in [0, 0.05) is 5.02 Å². The second-order valence-corrected chi connectivity index (χ2v) is 11.0. The van der Waals surface area contributed by atoms with E-state index in [2.05, 4.69) is 32.6 Å². The molecule has 0 bridgehead atoms. The fraction of sp³-hybridized carbons (Fsp3) is 0.692. The van der Waals surface area contributed by atoms with E-state index >= 15 is 0 Å². The van der Waals surface area contributed by atoms with Crippen molar-refractivity contribution in [2.45, 2.75) is 83.8 Å². The summed E-state index contributed by atoms with van der Waals surface area (Å²) in [6, 6.07) is 8.16. The van der Waals surface area contributed by atoms with Crippen LogP contribution in [0.2, 0.25) is 5.02 Å². The molecule has 1 aromatic carbocycles. The summed E-state index contributed by atoms with van der Waals surface area (Å²) < 4.78 is 0. The van der Waals surface area contributed by atoms with Crippen LogP contribution >= 0.6 is 11.6 Å². The summed E-state index contributed by atoms with van der Waals surface area (Å²) in [6.07, 6.45) is 8.76. The van der Waals surface area contributed by atoms with Gasteiger partial charge in [0.15, 0.2) is 0 Å². The highest BCUT2D eigenvalue weighted by atomic mass is 35.5. The average molecular weight is 417 g/mol. The summed E-state index contributed by atoms with van der Waals surface area (Å²) in [5, 5.41) is 22.7. The van der Waals surface area contributed by atoms with Gasteiger partial charge in [-0.25, -0.2) is 0 Å². The molecule has 3 aliphatic carbocycles. The maximum atomic E-state index is 11.5. The standard InChI is InChI=1S/C26H37ClO2/c1-17-4-11-22-24(29)23(13-15-25(17,22)2)26(3)14-12-21(28)16-19(26)8-5-18-6-9-20(27)10-7-18/h6-7,9-10,19,21-24,28-29H,1,4-5,8,11-16H2,2-3H3. The number of halogens is 1. The summed E-state index contributed by atoms with van der Waals surface area (Å²) in [4.78, 5) is 0. The first-order valence-corrected chi connectivity index (χ1v) is 11.9. The summed E-state index contributed by atoms with van der Waals surface area (Å²) in [5.74, 6) is 1.12. The molecule has 7 unspecified atom stereocenters. The zero-order valence-electron chi connectivity index (χ0n) is 18.0. The lowest BCUT2D eigenvalue weighted by Crippen LogP contribution is -2.52. The third kappa shape index (κ3) is 3.82.